The summed E-state index contributed by atoms with van der Waals surface area (Å²) in [5, 5.41) is 3.54. The average molecular weight is 389 g/mol. The predicted molar refractivity (Wildman–Crippen MR) is 109 cm³/mol. The monoisotopic (exact) mass is 388 g/mol. The minimum Gasteiger partial charge on any atom is -0.352 e. The zero-order chi connectivity index (χ0) is 19.8. The molecule has 7 heteroatoms. The van der Waals surface area contributed by atoms with Gasteiger partial charge in [-0.3, -0.25) is 9.59 Å². The van der Waals surface area contributed by atoms with E-state index >= 15 is 0 Å². The molecular formula is C20H28N4O2S. The van der Waals surface area contributed by atoms with Crippen molar-refractivity contribution in [2.75, 3.05) is 18.8 Å². The molecule has 0 aliphatic heterocycles. The first kappa shape index (κ1) is 21.0. The number of thioether (sulfide) groups is 1. The minimum atomic E-state index is -0.135. The van der Waals surface area contributed by atoms with Gasteiger partial charge in [0, 0.05) is 24.7 Å². The number of nitrogens with zero attached hydrogens (tertiary/aromatic N) is 2. The fraction of sp³-hybridized carbons (Fsp3) is 0.450. The van der Waals surface area contributed by atoms with Gasteiger partial charge in [0.2, 0.25) is 11.8 Å². The molecule has 0 radical (unpaired) electrons. The fourth-order valence-corrected chi connectivity index (χ4v) is 3.48. The number of aromatic amines is 1. The van der Waals surface area contributed by atoms with Crippen LogP contribution >= 0.6 is 11.8 Å². The highest BCUT2D eigenvalue weighted by Gasteiger charge is 2.17. The summed E-state index contributed by atoms with van der Waals surface area (Å²) in [5.74, 6) is 0.0461. The first-order chi connectivity index (χ1) is 12.9. The number of benzene rings is 1. The van der Waals surface area contributed by atoms with E-state index in [-0.39, 0.29) is 30.2 Å². The number of H-pyrrole nitrogens is 1. The van der Waals surface area contributed by atoms with Crippen molar-refractivity contribution in [3.8, 4) is 0 Å². The van der Waals surface area contributed by atoms with Gasteiger partial charge < -0.3 is 15.2 Å². The minimum absolute atomic E-state index is 0.0646. The second-order valence-corrected chi connectivity index (χ2v) is 7.66. The van der Waals surface area contributed by atoms with Gasteiger partial charge in [0.25, 0.3) is 0 Å². The molecule has 2 aromatic rings. The molecule has 0 saturated heterocycles. The van der Waals surface area contributed by atoms with Crippen molar-refractivity contribution in [1.82, 2.24) is 20.2 Å². The first-order valence-electron chi connectivity index (χ1n) is 9.18. The Morgan fingerprint density at radius 2 is 1.96 bits per heavy atom. The Hall–Kier alpha value is -2.28. The van der Waals surface area contributed by atoms with Crippen LogP contribution in [0.2, 0.25) is 0 Å². The van der Waals surface area contributed by atoms with Crippen molar-refractivity contribution < 1.29 is 9.59 Å². The molecule has 0 aliphatic carbocycles. The van der Waals surface area contributed by atoms with Crippen molar-refractivity contribution in [3.63, 3.8) is 0 Å². The Kier molecular flexibility index (Phi) is 7.91. The van der Waals surface area contributed by atoms with E-state index in [0.717, 1.165) is 23.0 Å². The number of hydrogen-bond acceptors (Lipinski definition) is 4. The van der Waals surface area contributed by atoms with E-state index in [1.54, 1.807) is 4.90 Å². The molecule has 1 aromatic carbocycles. The zero-order valence-corrected chi connectivity index (χ0v) is 17.2. The molecule has 1 heterocycles. The molecule has 0 fully saturated rings. The molecule has 27 heavy (non-hydrogen) atoms. The van der Waals surface area contributed by atoms with Crippen LogP contribution in [0.25, 0.3) is 0 Å². The first-order valence-corrected chi connectivity index (χ1v) is 10.2. The number of likely N-dealkylation sites (N-methyl/N-ethyl adjacent to an activating group) is 1. The SMILES string of the molecule is CCN(CC(=O)NC(C)C)C(=O)CSc1nc(Cc2ccccc2)c(C)[nH]1. The van der Waals surface area contributed by atoms with Gasteiger partial charge in [-0.05, 0) is 33.3 Å². The molecule has 2 rings (SSSR count). The molecule has 2 N–H and O–H groups in total. The summed E-state index contributed by atoms with van der Waals surface area (Å²) in [6, 6.07) is 10.2. The van der Waals surface area contributed by atoms with Crippen molar-refractivity contribution in [1.29, 1.82) is 0 Å². The number of rotatable bonds is 9. The summed E-state index contributed by atoms with van der Waals surface area (Å²) < 4.78 is 0. The van der Waals surface area contributed by atoms with E-state index in [9.17, 15) is 9.59 Å². The van der Waals surface area contributed by atoms with Crippen LogP contribution in [0.3, 0.4) is 0 Å². The van der Waals surface area contributed by atoms with E-state index in [1.165, 1.54) is 17.3 Å². The van der Waals surface area contributed by atoms with Crippen molar-refractivity contribution in [3.05, 3.63) is 47.3 Å². The van der Waals surface area contributed by atoms with Gasteiger partial charge in [0.1, 0.15) is 0 Å². The van der Waals surface area contributed by atoms with E-state index in [4.69, 9.17) is 0 Å². The summed E-state index contributed by atoms with van der Waals surface area (Å²) >= 11 is 1.37. The number of carbonyl (C=O) groups is 2. The molecular weight excluding hydrogens is 360 g/mol. The molecule has 0 atom stereocenters. The summed E-state index contributed by atoms with van der Waals surface area (Å²) in [6.45, 7) is 8.26. The molecule has 0 aliphatic rings. The highest BCUT2D eigenvalue weighted by atomic mass is 32.2. The third-order valence-electron chi connectivity index (χ3n) is 4.03. The lowest BCUT2D eigenvalue weighted by atomic mass is 10.1. The van der Waals surface area contributed by atoms with E-state index < -0.39 is 0 Å². The van der Waals surface area contributed by atoms with Gasteiger partial charge in [0.05, 0.1) is 18.0 Å². The molecule has 0 saturated carbocycles. The maximum atomic E-state index is 12.4. The van der Waals surface area contributed by atoms with Gasteiger partial charge in [0.15, 0.2) is 5.16 Å². The molecule has 1 aromatic heterocycles. The van der Waals surface area contributed by atoms with Crippen LogP contribution in [0.5, 0.6) is 0 Å². The second kappa shape index (κ2) is 10.2. The van der Waals surface area contributed by atoms with Crippen LogP contribution < -0.4 is 5.32 Å². The number of imidazole rings is 1. The van der Waals surface area contributed by atoms with Crippen LogP contribution in [-0.4, -0.2) is 51.6 Å². The Morgan fingerprint density at radius 3 is 2.59 bits per heavy atom. The Balaban J connectivity index is 1.90. The van der Waals surface area contributed by atoms with Gasteiger partial charge in [-0.25, -0.2) is 4.98 Å². The highest BCUT2D eigenvalue weighted by Crippen LogP contribution is 2.19. The number of carbonyl (C=O) groups excluding carboxylic acids is 2. The number of amides is 2. The van der Waals surface area contributed by atoms with E-state index in [1.807, 2.05) is 45.9 Å². The highest BCUT2D eigenvalue weighted by molar-refractivity contribution is 7.99. The maximum absolute atomic E-state index is 12.4. The molecule has 0 bridgehead atoms. The summed E-state index contributed by atoms with van der Waals surface area (Å²) in [4.78, 5) is 33.8. The van der Waals surface area contributed by atoms with Crippen LogP contribution in [0.15, 0.2) is 35.5 Å². The van der Waals surface area contributed by atoms with Gasteiger partial charge in [-0.2, -0.15) is 0 Å². The molecule has 2 amide bonds. The van der Waals surface area contributed by atoms with Crippen LogP contribution in [0.4, 0.5) is 0 Å². The average Bonchev–Trinajstić information content (AvgIpc) is 2.97. The molecule has 0 spiro atoms. The van der Waals surface area contributed by atoms with E-state index in [0.29, 0.717) is 6.54 Å². The van der Waals surface area contributed by atoms with E-state index in [2.05, 4.69) is 27.4 Å². The lowest BCUT2D eigenvalue weighted by Gasteiger charge is -2.20. The van der Waals surface area contributed by atoms with Crippen LogP contribution in [0.1, 0.15) is 37.7 Å². The lowest BCUT2D eigenvalue weighted by molar-refractivity contribution is -0.134. The second-order valence-electron chi connectivity index (χ2n) is 6.69. The Labute approximate surface area is 165 Å². The quantitative estimate of drug-likeness (QED) is 0.648. The van der Waals surface area contributed by atoms with Gasteiger partial charge in [-0.15, -0.1) is 0 Å². The lowest BCUT2D eigenvalue weighted by Crippen LogP contribution is -2.43. The van der Waals surface area contributed by atoms with Crippen LogP contribution in [-0.2, 0) is 16.0 Å². The number of aryl methyl sites for hydroxylation is 1. The summed E-state index contributed by atoms with van der Waals surface area (Å²) in [5.41, 5.74) is 3.20. The van der Waals surface area contributed by atoms with Crippen molar-refractivity contribution in [2.24, 2.45) is 0 Å². The molecule has 6 nitrogen and oxygen atoms in total. The normalized spacial score (nSPS) is 10.9. The van der Waals surface area contributed by atoms with Crippen molar-refractivity contribution in [2.45, 2.75) is 45.3 Å². The number of hydrogen-bond donors (Lipinski definition) is 2. The third-order valence-corrected chi connectivity index (χ3v) is 4.89. The number of nitrogens with one attached hydrogen (secondary N) is 2. The Bertz CT molecular complexity index is 759. The number of aromatic nitrogens is 2. The van der Waals surface area contributed by atoms with Gasteiger partial charge >= 0.3 is 0 Å². The fourth-order valence-electron chi connectivity index (χ4n) is 2.64. The zero-order valence-electron chi connectivity index (χ0n) is 16.4. The molecule has 0 unspecified atom stereocenters. The topological polar surface area (TPSA) is 78.1 Å². The largest absolute Gasteiger partial charge is 0.352 e. The van der Waals surface area contributed by atoms with Crippen molar-refractivity contribution >= 4 is 23.6 Å². The smallest absolute Gasteiger partial charge is 0.239 e. The summed E-state index contributed by atoms with van der Waals surface area (Å²) in [6.07, 6.45) is 0.758. The predicted octanol–water partition coefficient (Wildman–Crippen LogP) is 2.77. The Morgan fingerprint density at radius 1 is 1.26 bits per heavy atom. The standard InChI is InChI=1S/C20H28N4O2S/c1-5-24(12-18(25)21-14(2)3)19(26)13-27-20-22-15(4)17(23-20)11-16-9-7-6-8-10-16/h6-10,14H,5,11-13H2,1-4H3,(H,21,25)(H,22,23). The molecule has 146 valence electrons. The van der Waals surface area contributed by atoms with Gasteiger partial charge in [-0.1, -0.05) is 42.1 Å². The maximum Gasteiger partial charge on any atom is 0.239 e. The van der Waals surface area contributed by atoms with Crippen LogP contribution in [0, 0.1) is 6.92 Å². The third kappa shape index (κ3) is 6.75. The summed E-state index contributed by atoms with van der Waals surface area (Å²) in [7, 11) is 0.